The molecule has 10 nitrogen and oxygen atoms in total. The Balaban J connectivity index is 1.51. The Morgan fingerprint density at radius 3 is 2.51 bits per heavy atom. The zero-order valence-corrected chi connectivity index (χ0v) is 21.2. The van der Waals surface area contributed by atoms with Crippen molar-refractivity contribution in [3.8, 4) is 17.4 Å². The molecule has 0 spiro atoms. The minimum atomic E-state index is -3.69. The largest absolute Gasteiger partial charge is 0.481 e. The predicted molar refractivity (Wildman–Crippen MR) is 128 cm³/mol. The second-order valence-electron chi connectivity index (χ2n) is 9.47. The Bertz CT molecular complexity index is 1320. The van der Waals surface area contributed by atoms with Crippen LogP contribution in [-0.4, -0.2) is 57.6 Å². The van der Waals surface area contributed by atoms with Gasteiger partial charge in [-0.3, -0.25) is 9.97 Å². The van der Waals surface area contributed by atoms with E-state index in [0.717, 1.165) is 31.4 Å². The van der Waals surface area contributed by atoms with Gasteiger partial charge in [-0.15, -0.1) is 10.2 Å². The summed E-state index contributed by atoms with van der Waals surface area (Å²) in [5.74, 6) is 1.75. The van der Waals surface area contributed by atoms with E-state index in [4.69, 9.17) is 9.47 Å². The lowest BCUT2D eigenvalue weighted by Gasteiger charge is -2.24. The van der Waals surface area contributed by atoms with Gasteiger partial charge in [-0.25, -0.2) is 13.4 Å². The average Bonchev–Trinajstić information content (AvgIpc) is 3.78. The van der Waals surface area contributed by atoms with Gasteiger partial charge in [0, 0.05) is 19.4 Å². The topological polar surface area (TPSA) is 122 Å². The highest BCUT2D eigenvalue weighted by Crippen LogP contribution is 2.60. The Morgan fingerprint density at radius 1 is 1.14 bits per heavy atom. The molecule has 11 heteroatoms. The van der Waals surface area contributed by atoms with E-state index < -0.39 is 21.2 Å². The molecule has 186 valence electrons. The molecule has 0 saturated heterocycles. The highest BCUT2D eigenvalue weighted by atomic mass is 32.2. The Kier molecular flexibility index (Phi) is 6.08. The Morgan fingerprint density at radius 2 is 1.91 bits per heavy atom. The molecule has 0 radical (unpaired) electrons. The smallest absolute Gasteiger partial charge is 0.213 e. The molecule has 0 unspecified atom stereocenters. The van der Waals surface area contributed by atoms with Crippen LogP contribution in [0.4, 0.5) is 0 Å². The molecule has 2 aliphatic rings. The standard InChI is InChI=1S/C24H30N6O4S/c1-15-12-26-19(13-25-15)22(34-4)16(2)35(31,32)14-20-28-29-23(18-6-5-7-21(27-18)33-3)30(20)24(10-11-24)17-8-9-17/h5-7,12-13,16-17,22H,8-11,14H2,1-4H3/t16-,22-/m0/s1. The predicted octanol–water partition coefficient (Wildman–Crippen LogP) is 3.04. The third-order valence-electron chi connectivity index (χ3n) is 7.11. The van der Waals surface area contributed by atoms with Gasteiger partial charge in [-0.2, -0.15) is 0 Å². The molecule has 5 rings (SSSR count). The molecule has 2 aliphatic carbocycles. The van der Waals surface area contributed by atoms with E-state index in [2.05, 4.69) is 25.1 Å². The van der Waals surface area contributed by atoms with Crippen LogP contribution >= 0.6 is 0 Å². The van der Waals surface area contributed by atoms with E-state index in [1.807, 2.05) is 23.6 Å². The zero-order chi connectivity index (χ0) is 24.8. The summed E-state index contributed by atoms with van der Waals surface area (Å²) in [4.78, 5) is 13.1. The molecule has 0 aliphatic heterocycles. The minimum absolute atomic E-state index is 0.138. The van der Waals surface area contributed by atoms with Crippen molar-refractivity contribution in [2.45, 2.75) is 62.2 Å². The maximum atomic E-state index is 13.6. The van der Waals surface area contributed by atoms with E-state index in [0.29, 0.717) is 34.8 Å². The summed E-state index contributed by atoms with van der Waals surface area (Å²) < 4.78 is 40.2. The van der Waals surface area contributed by atoms with Gasteiger partial charge in [0.2, 0.25) is 5.88 Å². The van der Waals surface area contributed by atoms with Gasteiger partial charge in [0.25, 0.3) is 0 Å². The van der Waals surface area contributed by atoms with Gasteiger partial charge in [0.15, 0.2) is 15.7 Å². The van der Waals surface area contributed by atoms with Gasteiger partial charge >= 0.3 is 0 Å². The molecule has 0 bridgehead atoms. The monoisotopic (exact) mass is 498 g/mol. The molecule has 2 fully saturated rings. The van der Waals surface area contributed by atoms with Crippen LogP contribution in [0.3, 0.4) is 0 Å². The molecular formula is C24H30N6O4S. The summed E-state index contributed by atoms with van der Waals surface area (Å²) in [6, 6.07) is 5.47. The first-order valence-corrected chi connectivity index (χ1v) is 13.5. The number of aromatic nitrogens is 6. The van der Waals surface area contributed by atoms with Gasteiger partial charge in [-0.05, 0) is 51.5 Å². The van der Waals surface area contributed by atoms with Gasteiger partial charge < -0.3 is 14.0 Å². The van der Waals surface area contributed by atoms with E-state index >= 15 is 0 Å². The lowest BCUT2D eigenvalue weighted by molar-refractivity contribution is 0.0983. The first-order chi connectivity index (χ1) is 16.8. The number of rotatable bonds is 10. The highest BCUT2D eigenvalue weighted by Gasteiger charge is 2.57. The molecule has 35 heavy (non-hydrogen) atoms. The number of hydrogen-bond donors (Lipinski definition) is 0. The molecule has 0 N–H and O–H groups in total. The SMILES string of the molecule is COc1cccc(-c2nnc(CS(=O)(=O)[C@@H](C)[C@H](OC)c3cnc(C)cn3)n2C2(C3CC3)CC2)n1. The maximum Gasteiger partial charge on any atom is 0.213 e. The second-order valence-corrected chi connectivity index (χ2v) is 11.8. The van der Waals surface area contributed by atoms with E-state index in [1.165, 1.54) is 7.11 Å². The molecule has 3 aromatic heterocycles. The molecule has 3 heterocycles. The summed E-state index contributed by atoms with van der Waals surface area (Å²) in [6.45, 7) is 3.47. The Labute approximate surface area is 205 Å². The van der Waals surface area contributed by atoms with Crippen LogP contribution in [0.2, 0.25) is 0 Å². The van der Waals surface area contributed by atoms with Crippen LogP contribution in [0, 0.1) is 12.8 Å². The number of aryl methyl sites for hydroxylation is 1. The van der Waals surface area contributed by atoms with Gasteiger partial charge in [-0.1, -0.05) is 6.07 Å². The van der Waals surface area contributed by atoms with Crippen molar-refractivity contribution < 1.29 is 17.9 Å². The van der Waals surface area contributed by atoms with Crippen LogP contribution in [0.15, 0.2) is 30.6 Å². The van der Waals surface area contributed by atoms with Crippen molar-refractivity contribution in [2.24, 2.45) is 5.92 Å². The maximum absolute atomic E-state index is 13.6. The molecule has 0 amide bonds. The number of sulfone groups is 1. The van der Waals surface area contributed by atoms with E-state index in [9.17, 15) is 8.42 Å². The number of hydrogen-bond acceptors (Lipinski definition) is 9. The lowest BCUT2D eigenvalue weighted by Crippen LogP contribution is -2.31. The third-order valence-corrected chi connectivity index (χ3v) is 9.15. The fourth-order valence-corrected chi connectivity index (χ4v) is 6.30. The summed E-state index contributed by atoms with van der Waals surface area (Å²) in [7, 11) is -0.637. The molecule has 3 aromatic rings. The fraction of sp³-hybridized carbons (Fsp3) is 0.542. The van der Waals surface area contributed by atoms with Crippen LogP contribution in [0.5, 0.6) is 5.88 Å². The van der Waals surface area contributed by atoms with Gasteiger partial charge in [0.05, 0.1) is 35.5 Å². The van der Waals surface area contributed by atoms with Crippen molar-refractivity contribution in [3.63, 3.8) is 0 Å². The van der Waals surface area contributed by atoms with Crippen molar-refractivity contribution in [1.29, 1.82) is 0 Å². The summed E-state index contributed by atoms with van der Waals surface area (Å²) in [5.41, 5.74) is 1.71. The summed E-state index contributed by atoms with van der Waals surface area (Å²) in [6.07, 6.45) is 6.65. The quantitative estimate of drug-likeness (QED) is 0.415. The highest BCUT2D eigenvalue weighted by molar-refractivity contribution is 7.91. The first-order valence-electron chi connectivity index (χ1n) is 11.8. The van der Waals surface area contributed by atoms with Crippen LogP contribution < -0.4 is 4.74 Å². The van der Waals surface area contributed by atoms with Crippen molar-refractivity contribution in [3.05, 3.63) is 47.8 Å². The van der Waals surface area contributed by atoms with Crippen LogP contribution in [-0.2, 0) is 25.9 Å². The van der Waals surface area contributed by atoms with Crippen molar-refractivity contribution in [1.82, 2.24) is 29.7 Å². The number of methoxy groups -OCH3 is 2. The first kappa shape index (κ1) is 23.8. The van der Waals surface area contributed by atoms with Gasteiger partial charge in [0.1, 0.15) is 23.4 Å². The summed E-state index contributed by atoms with van der Waals surface area (Å²) >= 11 is 0. The average molecular weight is 499 g/mol. The van der Waals surface area contributed by atoms with Crippen LogP contribution in [0.1, 0.15) is 55.9 Å². The third kappa shape index (κ3) is 4.42. The minimum Gasteiger partial charge on any atom is -0.481 e. The Hall–Kier alpha value is -2.92. The normalized spacial score (nSPS) is 18.7. The fourth-order valence-electron chi connectivity index (χ4n) is 4.86. The molecular weight excluding hydrogens is 468 g/mol. The lowest BCUT2D eigenvalue weighted by atomic mass is 10.1. The molecule has 2 atom stereocenters. The molecule has 0 aromatic carbocycles. The van der Waals surface area contributed by atoms with Crippen LogP contribution in [0.25, 0.3) is 11.5 Å². The number of pyridine rings is 1. The van der Waals surface area contributed by atoms with Crippen molar-refractivity contribution >= 4 is 9.84 Å². The molecule has 2 saturated carbocycles. The van der Waals surface area contributed by atoms with E-state index in [-0.39, 0.29) is 11.3 Å². The second kappa shape index (κ2) is 8.94. The number of ether oxygens (including phenoxy) is 2. The summed E-state index contributed by atoms with van der Waals surface area (Å²) in [5, 5.41) is 7.96. The van der Waals surface area contributed by atoms with E-state index in [1.54, 1.807) is 32.5 Å². The van der Waals surface area contributed by atoms with Crippen molar-refractivity contribution in [2.75, 3.05) is 14.2 Å². The zero-order valence-electron chi connectivity index (χ0n) is 20.4. The number of nitrogens with zero attached hydrogens (tertiary/aromatic N) is 6.